The zero-order valence-electron chi connectivity index (χ0n) is 7.96. The van der Waals surface area contributed by atoms with Gasteiger partial charge >= 0.3 is 0 Å². The summed E-state index contributed by atoms with van der Waals surface area (Å²) in [7, 11) is 4.11. The molecule has 0 aliphatic carbocycles. The number of benzene rings is 1. The summed E-state index contributed by atoms with van der Waals surface area (Å²) in [4.78, 5) is 2.13. The lowest BCUT2D eigenvalue weighted by Gasteiger charge is -2.10. The molecule has 2 nitrogen and oxygen atoms in total. The summed E-state index contributed by atoms with van der Waals surface area (Å²) in [6, 6.07) is 6.17. The fourth-order valence-corrected chi connectivity index (χ4v) is 1.35. The molecule has 2 N–H and O–H groups in total. The van der Waals surface area contributed by atoms with Gasteiger partial charge in [0.25, 0.3) is 0 Å². The maximum atomic E-state index is 5.72. The highest BCUT2D eigenvalue weighted by atomic mass is 15.0. The number of hydrogen-bond acceptors (Lipinski definition) is 2. The fraction of sp³-hybridized carbons (Fsp3) is 0.400. The Hall–Kier alpha value is -1.02. The number of rotatable bonds is 2. The molecule has 66 valence electrons. The van der Waals surface area contributed by atoms with Gasteiger partial charge in [0.1, 0.15) is 0 Å². The first-order valence-electron chi connectivity index (χ1n) is 4.08. The van der Waals surface area contributed by atoms with Gasteiger partial charge in [0.2, 0.25) is 0 Å². The van der Waals surface area contributed by atoms with Crippen LogP contribution in [0.5, 0.6) is 0 Å². The van der Waals surface area contributed by atoms with Crippen LogP contribution in [-0.4, -0.2) is 19.0 Å². The minimum atomic E-state index is 0.854. The van der Waals surface area contributed by atoms with E-state index in [0.29, 0.717) is 0 Å². The van der Waals surface area contributed by atoms with Gasteiger partial charge in [0.15, 0.2) is 0 Å². The minimum Gasteiger partial charge on any atom is -0.399 e. The topological polar surface area (TPSA) is 29.3 Å². The van der Waals surface area contributed by atoms with E-state index in [1.165, 1.54) is 11.1 Å². The van der Waals surface area contributed by atoms with Gasteiger partial charge in [0, 0.05) is 12.2 Å². The first kappa shape index (κ1) is 9.07. The zero-order chi connectivity index (χ0) is 9.14. The Labute approximate surface area is 74.0 Å². The first-order valence-corrected chi connectivity index (χ1v) is 4.08. The van der Waals surface area contributed by atoms with E-state index in [4.69, 9.17) is 5.73 Å². The second kappa shape index (κ2) is 3.59. The van der Waals surface area contributed by atoms with Crippen molar-refractivity contribution in [1.29, 1.82) is 0 Å². The van der Waals surface area contributed by atoms with E-state index in [2.05, 4.69) is 32.0 Å². The number of aryl methyl sites for hydroxylation is 1. The molecule has 0 radical (unpaired) electrons. The van der Waals surface area contributed by atoms with Crippen molar-refractivity contribution in [3.8, 4) is 0 Å². The van der Waals surface area contributed by atoms with Crippen LogP contribution in [0.3, 0.4) is 0 Å². The Balaban J connectivity index is 2.85. The van der Waals surface area contributed by atoms with Gasteiger partial charge in [-0.05, 0) is 44.3 Å². The number of nitrogen functional groups attached to an aromatic ring is 1. The van der Waals surface area contributed by atoms with E-state index in [9.17, 15) is 0 Å². The second-order valence-electron chi connectivity index (χ2n) is 3.49. The van der Waals surface area contributed by atoms with Crippen LogP contribution in [0.4, 0.5) is 5.69 Å². The minimum absolute atomic E-state index is 0.854. The SMILES string of the molecule is Cc1cc(N)cc(CN(C)C)c1. The predicted octanol–water partition coefficient (Wildman–Crippen LogP) is 1.64. The smallest absolute Gasteiger partial charge is 0.0319 e. The van der Waals surface area contributed by atoms with Gasteiger partial charge in [0.05, 0.1) is 0 Å². The maximum Gasteiger partial charge on any atom is 0.0319 e. The third-order valence-electron chi connectivity index (χ3n) is 1.66. The highest BCUT2D eigenvalue weighted by molar-refractivity contribution is 5.44. The van der Waals surface area contributed by atoms with Crippen LogP contribution in [0, 0.1) is 6.92 Å². The van der Waals surface area contributed by atoms with E-state index < -0.39 is 0 Å². The van der Waals surface area contributed by atoms with Gasteiger partial charge in [-0.2, -0.15) is 0 Å². The van der Waals surface area contributed by atoms with E-state index >= 15 is 0 Å². The predicted molar refractivity (Wildman–Crippen MR) is 53.0 cm³/mol. The summed E-state index contributed by atoms with van der Waals surface area (Å²) in [5.74, 6) is 0. The van der Waals surface area contributed by atoms with Gasteiger partial charge < -0.3 is 10.6 Å². The molecule has 0 aliphatic rings. The summed E-state index contributed by atoms with van der Waals surface area (Å²) >= 11 is 0. The number of hydrogen-bond donors (Lipinski definition) is 1. The average molecular weight is 164 g/mol. The molecular formula is C10H16N2. The lowest BCUT2D eigenvalue weighted by molar-refractivity contribution is 0.402. The van der Waals surface area contributed by atoms with Crippen molar-refractivity contribution in [2.24, 2.45) is 0 Å². The Morgan fingerprint density at radius 1 is 1.25 bits per heavy atom. The van der Waals surface area contributed by atoms with E-state index in [1.54, 1.807) is 0 Å². The number of nitrogens with zero attached hydrogens (tertiary/aromatic N) is 1. The monoisotopic (exact) mass is 164 g/mol. The molecule has 0 spiro atoms. The normalized spacial score (nSPS) is 10.7. The molecule has 0 amide bonds. The molecule has 0 atom stereocenters. The van der Waals surface area contributed by atoms with Gasteiger partial charge in [-0.1, -0.05) is 6.07 Å². The van der Waals surface area contributed by atoms with Crippen LogP contribution < -0.4 is 5.73 Å². The quantitative estimate of drug-likeness (QED) is 0.673. The highest BCUT2D eigenvalue weighted by Gasteiger charge is 1.97. The number of anilines is 1. The molecule has 0 aliphatic heterocycles. The molecule has 0 saturated carbocycles. The maximum absolute atomic E-state index is 5.72. The second-order valence-corrected chi connectivity index (χ2v) is 3.49. The van der Waals surface area contributed by atoms with E-state index in [-0.39, 0.29) is 0 Å². The molecule has 0 unspecified atom stereocenters. The van der Waals surface area contributed by atoms with Crippen LogP contribution >= 0.6 is 0 Å². The van der Waals surface area contributed by atoms with Crippen molar-refractivity contribution < 1.29 is 0 Å². The van der Waals surface area contributed by atoms with Gasteiger partial charge in [-0.15, -0.1) is 0 Å². The first-order chi connectivity index (χ1) is 5.58. The van der Waals surface area contributed by atoms with Crippen LogP contribution in [0.15, 0.2) is 18.2 Å². The molecule has 0 heterocycles. The lowest BCUT2D eigenvalue weighted by atomic mass is 10.1. The fourth-order valence-electron chi connectivity index (χ4n) is 1.35. The molecule has 0 saturated heterocycles. The molecular weight excluding hydrogens is 148 g/mol. The van der Waals surface area contributed by atoms with Crippen molar-refractivity contribution in [1.82, 2.24) is 4.90 Å². The van der Waals surface area contributed by atoms with Crippen molar-refractivity contribution >= 4 is 5.69 Å². The van der Waals surface area contributed by atoms with Crippen molar-refractivity contribution in [3.63, 3.8) is 0 Å². The zero-order valence-corrected chi connectivity index (χ0v) is 7.96. The third kappa shape index (κ3) is 2.55. The van der Waals surface area contributed by atoms with E-state index in [0.717, 1.165) is 12.2 Å². The molecule has 1 rings (SSSR count). The lowest BCUT2D eigenvalue weighted by Crippen LogP contribution is -2.10. The van der Waals surface area contributed by atoms with E-state index in [1.807, 2.05) is 12.1 Å². The number of nitrogens with two attached hydrogens (primary N) is 1. The van der Waals surface area contributed by atoms with Crippen LogP contribution in [-0.2, 0) is 6.54 Å². The Kier molecular flexibility index (Phi) is 2.71. The Morgan fingerprint density at radius 3 is 2.42 bits per heavy atom. The highest BCUT2D eigenvalue weighted by Crippen LogP contribution is 2.11. The Morgan fingerprint density at radius 2 is 1.92 bits per heavy atom. The van der Waals surface area contributed by atoms with Crippen LogP contribution in [0.2, 0.25) is 0 Å². The molecule has 1 aromatic rings. The van der Waals surface area contributed by atoms with Crippen molar-refractivity contribution in [3.05, 3.63) is 29.3 Å². The largest absolute Gasteiger partial charge is 0.399 e. The molecule has 0 aromatic heterocycles. The summed E-state index contributed by atoms with van der Waals surface area (Å²) in [5.41, 5.74) is 9.07. The summed E-state index contributed by atoms with van der Waals surface area (Å²) in [6.45, 7) is 3.02. The molecule has 1 aromatic carbocycles. The molecule has 0 bridgehead atoms. The standard InChI is InChI=1S/C10H16N2/c1-8-4-9(7-12(2)3)6-10(11)5-8/h4-6H,7,11H2,1-3H3. The summed E-state index contributed by atoms with van der Waals surface area (Å²) in [5, 5.41) is 0. The van der Waals surface area contributed by atoms with Crippen LogP contribution in [0.1, 0.15) is 11.1 Å². The van der Waals surface area contributed by atoms with Crippen LogP contribution in [0.25, 0.3) is 0 Å². The average Bonchev–Trinajstić information content (AvgIpc) is 1.81. The molecule has 12 heavy (non-hydrogen) atoms. The van der Waals surface area contributed by atoms with Gasteiger partial charge in [-0.3, -0.25) is 0 Å². The third-order valence-corrected chi connectivity index (χ3v) is 1.66. The van der Waals surface area contributed by atoms with Crippen molar-refractivity contribution in [2.45, 2.75) is 13.5 Å². The summed E-state index contributed by atoms with van der Waals surface area (Å²) < 4.78 is 0. The molecule has 2 heteroatoms. The Bertz CT molecular complexity index is 246. The van der Waals surface area contributed by atoms with Gasteiger partial charge in [-0.25, -0.2) is 0 Å². The summed E-state index contributed by atoms with van der Waals surface area (Å²) in [6.07, 6.45) is 0. The van der Waals surface area contributed by atoms with Crippen molar-refractivity contribution in [2.75, 3.05) is 19.8 Å². The molecule has 0 fully saturated rings.